The zero-order valence-electron chi connectivity index (χ0n) is 13.8. The molecule has 1 saturated heterocycles. The van der Waals surface area contributed by atoms with Gasteiger partial charge >= 0.3 is 6.18 Å². The molecule has 0 N–H and O–H groups in total. The minimum absolute atomic E-state index is 0.0161. The molecular weight excluding hydrogens is 354 g/mol. The maximum atomic E-state index is 15.3. The number of alkyl halides is 4. The molecule has 1 amide bonds. The second-order valence-corrected chi connectivity index (χ2v) is 5.97. The lowest BCUT2D eigenvalue weighted by Gasteiger charge is -2.22. The van der Waals surface area contributed by atoms with Gasteiger partial charge in [0, 0.05) is 13.0 Å². The fourth-order valence-electron chi connectivity index (χ4n) is 2.87. The van der Waals surface area contributed by atoms with Gasteiger partial charge in [0.1, 0.15) is 0 Å². The highest BCUT2D eigenvalue weighted by Crippen LogP contribution is 2.39. The van der Waals surface area contributed by atoms with Crippen molar-refractivity contribution in [1.29, 1.82) is 0 Å². The van der Waals surface area contributed by atoms with Crippen molar-refractivity contribution >= 4 is 5.91 Å². The number of ether oxygens (including phenoxy) is 1. The molecule has 1 unspecified atom stereocenters. The summed E-state index contributed by atoms with van der Waals surface area (Å²) in [6.07, 6.45) is -2.11. The van der Waals surface area contributed by atoms with Crippen LogP contribution in [0.1, 0.15) is 28.0 Å². The van der Waals surface area contributed by atoms with Crippen LogP contribution in [0.4, 0.5) is 17.6 Å². The maximum absolute atomic E-state index is 15.3. The van der Waals surface area contributed by atoms with Crippen molar-refractivity contribution < 1.29 is 27.1 Å². The lowest BCUT2D eigenvalue weighted by molar-refractivity contribution is -0.137. The molecule has 138 valence electrons. The second kappa shape index (κ2) is 6.54. The molecule has 1 aromatic heterocycles. The Morgan fingerprint density at radius 2 is 2.08 bits per heavy atom. The van der Waals surface area contributed by atoms with E-state index in [1.165, 1.54) is 30.5 Å². The van der Waals surface area contributed by atoms with Gasteiger partial charge in [0.05, 0.1) is 31.6 Å². The lowest BCUT2D eigenvalue weighted by Crippen LogP contribution is -2.33. The number of rotatable bonds is 3. The number of hydrogen-bond donors (Lipinski definition) is 0. The van der Waals surface area contributed by atoms with Gasteiger partial charge in [-0.05, 0) is 17.7 Å². The molecule has 26 heavy (non-hydrogen) atoms. The Kier molecular flexibility index (Phi) is 4.55. The summed E-state index contributed by atoms with van der Waals surface area (Å²) in [5.41, 5.74) is -3.09. The predicted octanol–water partition coefficient (Wildman–Crippen LogP) is 3.21. The minimum atomic E-state index is -4.56. The Balaban J connectivity index is 1.82. The number of carbonyl (C=O) groups excluding carboxylic acids is 1. The summed E-state index contributed by atoms with van der Waals surface area (Å²) >= 11 is 0. The van der Waals surface area contributed by atoms with Crippen molar-refractivity contribution in [1.82, 2.24) is 14.9 Å². The number of benzene rings is 1. The van der Waals surface area contributed by atoms with E-state index in [4.69, 9.17) is 4.74 Å². The van der Waals surface area contributed by atoms with E-state index in [0.29, 0.717) is 0 Å². The number of aromatic nitrogens is 2. The van der Waals surface area contributed by atoms with E-state index in [1.54, 1.807) is 0 Å². The number of methoxy groups -OCH3 is 1. The van der Waals surface area contributed by atoms with Crippen molar-refractivity contribution in [3.05, 3.63) is 53.5 Å². The molecule has 1 fully saturated rings. The van der Waals surface area contributed by atoms with Crippen LogP contribution in [0.2, 0.25) is 0 Å². The largest absolute Gasteiger partial charge is 0.480 e. The molecule has 2 aromatic rings. The minimum Gasteiger partial charge on any atom is -0.480 e. The van der Waals surface area contributed by atoms with Crippen LogP contribution in [0.25, 0.3) is 0 Å². The fourth-order valence-corrected chi connectivity index (χ4v) is 2.87. The average Bonchev–Trinajstić information content (AvgIpc) is 3.04. The zero-order valence-corrected chi connectivity index (χ0v) is 13.8. The summed E-state index contributed by atoms with van der Waals surface area (Å²) in [6.45, 7) is -0.295. The number of halogens is 4. The van der Waals surface area contributed by atoms with E-state index in [-0.39, 0.29) is 36.6 Å². The van der Waals surface area contributed by atoms with E-state index in [9.17, 15) is 18.0 Å². The molecule has 1 atom stereocenters. The standard InChI is InChI=1S/C17H15F4N3O2/c1-26-14-9-22-8-13(23-14)15(25)24-6-5-16(18,10-24)11-3-2-4-12(7-11)17(19,20)21/h2-4,7-9H,5-6,10H2,1H3. The number of carbonyl (C=O) groups is 1. The summed E-state index contributed by atoms with van der Waals surface area (Å²) in [7, 11) is 1.37. The topological polar surface area (TPSA) is 55.3 Å². The smallest absolute Gasteiger partial charge is 0.416 e. The first-order chi connectivity index (χ1) is 12.2. The maximum Gasteiger partial charge on any atom is 0.416 e. The van der Waals surface area contributed by atoms with Gasteiger partial charge in [-0.3, -0.25) is 9.78 Å². The van der Waals surface area contributed by atoms with Crippen LogP contribution in [0.15, 0.2) is 36.7 Å². The molecule has 0 aliphatic carbocycles. The summed E-state index contributed by atoms with van der Waals surface area (Å²) in [5, 5.41) is 0. The van der Waals surface area contributed by atoms with Crippen LogP contribution < -0.4 is 4.74 Å². The monoisotopic (exact) mass is 369 g/mol. The van der Waals surface area contributed by atoms with Gasteiger partial charge in [-0.1, -0.05) is 12.1 Å². The first kappa shape index (κ1) is 18.1. The van der Waals surface area contributed by atoms with Gasteiger partial charge < -0.3 is 9.64 Å². The van der Waals surface area contributed by atoms with E-state index >= 15 is 4.39 Å². The molecule has 2 heterocycles. The Labute approximate surface area is 146 Å². The van der Waals surface area contributed by atoms with E-state index < -0.39 is 23.3 Å². The molecule has 0 spiro atoms. The molecule has 0 saturated carbocycles. The Hall–Kier alpha value is -2.71. The van der Waals surface area contributed by atoms with Crippen LogP contribution in [-0.2, 0) is 11.8 Å². The molecule has 9 heteroatoms. The van der Waals surface area contributed by atoms with Crippen LogP contribution in [0.5, 0.6) is 5.88 Å². The molecule has 1 aromatic carbocycles. The third kappa shape index (κ3) is 3.47. The van der Waals surface area contributed by atoms with Gasteiger partial charge in [-0.25, -0.2) is 9.37 Å². The highest BCUT2D eigenvalue weighted by Gasteiger charge is 2.43. The molecule has 5 nitrogen and oxygen atoms in total. The Morgan fingerprint density at radius 3 is 2.77 bits per heavy atom. The number of amides is 1. The third-order valence-corrected chi connectivity index (χ3v) is 4.25. The predicted molar refractivity (Wildman–Crippen MR) is 83.3 cm³/mol. The highest BCUT2D eigenvalue weighted by atomic mass is 19.4. The molecule has 1 aliphatic rings. The third-order valence-electron chi connectivity index (χ3n) is 4.25. The van der Waals surface area contributed by atoms with E-state index in [1.807, 2.05) is 0 Å². The molecule has 0 bridgehead atoms. The zero-order chi connectivity index (χ0) is 18.9. The molecular formula is C17H15F4N3O2. The summed E-state index contributed by atoms with van der Waals surface area (Å²) in [5.74, 6) is -0.415. The van der Waals surface area contributed by atoms with Crippen LogP contribution in [-0.4, -0.2) is 41.0 Å². The van der Waals surface area contributed by atoms with E-state index in [0.717, 1.165) is 18.2 Å². The van der Waals surface area contributed by atoms with E-state index in [2.05, 4.69) is 9.97 Å². The van der Waals surface area contributed by atoms with Crippen molar-refractivity contribution in [2.75, 3.05) is 20.2 Å². The lowest BCUT2D eigenvalue weighted by atomic mass is 9.93. The van der Waals surface area contributed by atoms with Crippen molar-refractivity contribution in [2.45, 2.75) is 18.3 Å². The van der Waals surface area contributed by atoms with Gasteiger partial charge in [0.25, 0.3) is 5.91 Å². The highest BCUT2D eigenvalue weighted by molar-refractivity contribution is 5.92. The second-order valence-electron chi connectivity index (χ2n) is 5.97. The summed E-state index contributed by atoms with van der Waals surface area (Å²) < 4.78 is 58.8. The number of hydrogen-bond acceptors (Lipinski definition) is 4. The Morgan fingerprint density at radius 1 is 1.31 bits per heavy atom. The average molecular weight is 369 g/mol. The normalized spacial score (nSPS) is 20.3. The van der Waals surface area contributed by atoms with Crippen molar-refractivity contribution in [3.8, 4) is 5.88 Å². The van der Waals surface area contributed by atoms with Crippen molar-refractivity contribution in [3.63, 3.8) is 0 Å². The first-order valence-electron chi connectivity index (χ1n) is 7.75. The first-order valence-corrected chi connectivity index (χ1v) is 7.75. The van der Waals surface area contributed by atoms with Gasteiger partial charge in [0.2, 0.25) is 5.88 Å². The molecule has 3 rings (SSSR count). The van der Waals surface area contributed by atoms with Crippen LogP contribution in [0, 0.1) is 0 Å². The van der Waals surface area contributed by atoms with Gasteiger partial charge in [-0.2, -0.15) is 13.2 Å². The molecule has 1 aliphatic heterocycles. The van der Waals surface area contributed by atoms with Gasteiger partial charge in [0.15, 0.2) is 11.4 Å². The molecule has 0 radical (unpaired) electrons. The summed E-state index contributed by atoms with van der Waals surface area (Å²) in [6, 6.07) is 4.14. The number of nitrogens with zero attached hydrogens (tertiary/aromatic N) is 3. The quantitative estimate of drug-likeness (QED) is 0.780. The van der Waals surface area contributed by atoms with Crippen molar-refractivity contribution in [2.24, 2.45) is 0 Å². The summed E-state index contributed by atoms with van der Waals surface area (Å²) in [4.78, 5) is 21.5. The SMILES string of the molecule is COc1cncc(C(=O)N2CCC(F)(c3cccc(C(F)(F)F)c3)C2)n1. The Bertz CT molecular complexity index is 828. The van der Waals surface area contributed by atoms with Crippen LogP contribution >= 0.6 is 0 Å². The fraction of sp³-hybridized carbons (Fsp3) is 0.353. The van der Waals surface area contributed by atoms with Crippen LogP contribution in [0.3, 0.4) is 0 Å². The number of likely N-dealkylation sites (tertiary alicyclic amines) is 1. The van der Waals surface area contributed by atoms with Gasteiger partial charge in [-0.15, -0.1) is 0 Å².